The maximum Gasteiger partial charge on any atom is 0.409 e. The van der Waals surface area contributed by atoms with Crippen LogP contribution in [0, 0.1) is 0 Å². The van der Waals surface area contributed by atoms with Crippen molar-refractivity contribution < 1.29 is 14.1 Å². The number of ether oxygens (including phenoxy) is 1. The summed E-state index contributed by atoms with van der Waals surface area (Å²) in [5.41, 5.74) is 0.853. The van der Waals surface area contributed by atoms with E-state index in [1.807, 2.05) is 19.1 Å². The number of hydrogen-bond acceptors (Lipinski definition) is 6. The molecule has 2 N–H and O–H groups in total. The zero-order chi connectivity index (χ0) is 21.3. The molecule has 1 fully saturated rings. The fourth-order valence-electron chi connectivity index (χ4n) is 3.18. The van der Waals surface area contributed by atoms with Crippen LogP contribution >= 0.6 is 35.6 Å². The van der Waals surface area contributed by atoms with Gasteiger partial charge in [0.25, 0.3) is 0 Å². The van der Waals surface area contributed by atoms with Crippen molar-refractivity contribution in [2.75, 3.05) is 33.3 Å². The molecule has 1 amide bonds. The summed E-state index contributed by atoms with van der Waals surface area (Å²) < 4.78 is 10.1. The van der Waals surface area contributed by atoms with Crippen molar-refractivity contribution in [2.45, 2.75) is 32.2 Å². The molecular weight excluding hydrogens is 535 g/mol. The van der Waals surface area contributed by atoms with Gasteiger partial charge in [-0.1, -0.05) is 16.8 Å². The Bertz CT molecular complexity index is 853. The zero-order valence-electron chi connectivity index (χ0n) is 17.6. The zero-order valence-corrected chi connectivity index (χ0v) is 20.7. The number of amides is 1. The molecule has 1 aromatic heterocycles. The van der Waals surface area contributed by atoms with E-state index in [1.54, 1.807) is 17.0 Å². The third kappa shape index (κ3) is 7.53. The van der Waals surface area contributed by atoms with Gasteiger partial charge in [0, 0.05) is 42.7 Å². The highest BCUT2D eigenvalue weighted by Crippen LogP contribution is 2.18. The van der Waals surface area contributed by atoms with E-state index in [4.69, 9.17) is 20.9 Å². The largest absolute Gasteiger partial charge is 0.453 e. The molecule has 3 rings (SSSR count). The van der Waals surface area contributed by atoms with Gasteiger partial charge in [0.15, 0.2) is 5.96 Å². The molecule has 2 aromatic rings. The predicted octanol–water partition coefficient (Wildman–Crippen LogP) is 3.34. The Morgan fingerprint density at radius 1 is 1.32 bits per heavy atom. The Kier molecular flexibility index (Phi) is 10.3. The summed E-state index contributed by atoms with van der Waals surface area (Å²) in [7, 11) is 1.41. The predicted molar refractivity (Wildman–Crippen MR) is 130 cm³/mol. The topological polar surface area (TPSA) is 105 Å². The third-order valence-corrected chi connectivity index (χ3v) is 5.03. The Morgan fingerprint density at radius 3 is 2.68 bits per heavy atom. The molecule has 2 heterocycles. The third-order valence-electron chi connectivity index (χ3n) is 4.78. The molecule has 31 heavy (non-hydrogen) atoms. The minimum Gasteiger partial charge on any atom is -0.453 e. The van der Waals surface area contributed by atoms with E-state index in [0.717, 1.165) is 30.9 Å². The van der Waals surface area contributed by atoms with Crippen LogP contribution in [-0.4, -0.2) is 66.4 Å². The summed E-state index contributed by atoms with van der Waals surface area (Å²) in [5, 5.41) is 11.4. The number of guanidine groups is 1. The average Bonchev–Trinajstić information content (AvgIpc) is 3.23. The number of piperidine rings is 1. The van der Waals surface area contributed by atoms with Gasteiger partial charge < -0.3 is 24.8 Å². The number of benzene rings is 1. The van der Waals surface area contributed by atoms with E-state index in [1.165, 1.54) is 7.11 Å². The van der Waals surface area contributed by atoms with Crippen molar-refractivity contribution in [3.05, 3.63) is 35.2 Å². The highest BCUT2D eigenvalue weighted by molar-refractivity contribution is 14.0. The van der Waals surface area contributed by atoms with Gasteiger partial charge in [-0.15, -0.1) is 24.0 Å². The minimum absolute atomic E-state index is 0. The molecule has 0 unspecified atom stereocenters. The first-order valence-electron chi connectivity index (χ1n) is 10.0. The first-order chi connectivity index (χ1) is 14.6. The molecule has 0 spiro atoms. The van der Waals surface area contributed by atoms with Crippen molar-refractivity contribution in [2.24, 2.45) is 4.99 Å². The van der Waals surface area contributed by atoms with Crippen LogP contribution in [0.15, 0.2) is 33.8 Å². The van der Waals surface area contributed by atoms with Crippen LogP contribution in [0.3, 0.4) is 0 Å². The van der Waals surface area contributed by atoms with Gasteiger partial charge in [0.05, 0.1) is 13.7 Å². The number of halogens is 2. The highest BCUT2D eigenvalue weighted by Gasteiger charge is 2.23. The average molecular weight is 563 g/mol. The molecule has 1 aliphatic rings. The second kappa shape index (κ2) is 12.7. The molecule has 9 nitrogen and oxygen atoms in total. The number of aromatic nitrogens is 2. The van der Waals surface area contributed by atoms with E-state index in [0.29, 0.717) is 42.8 Å². The first kappa shape index (κ1) is 25.2. The van der Waals surface area contributed by atoms with Crippen molar-refractivity contribution in [3.63, 3.8) is 0 Å². The number of aliphatic imine (C=N–C) groups is 1. The molecule has 11 heteroatoms. The molecule has 0 bridgehead atoms. The van der Waals surface area contributed by atoms with Crippen LogP contribution in [0.25, 0.3) is 11.4 Å². The first-order valence-corrected chi connectivity index (χ1v) is 10.4. The van der Waals surface area contributed by atoms with Crippen LogP contribution < -0.4 is 10.6 Å². The molecule has 1 aliphatic heterocycles. The Morgan fingerprint density at radius 2 is 2.03 bits per heavy atom. The van der Waals surface area contributed by atoms with Gasteiger partial charge in [-0.25, -0.2) is 4.79 Å². The quantitative estimate of drug-likeness (QED) is 0.316. The molecule has 0 atom stereocenters. The number of carbonyl (C=O) groups is 1. The van der Waals surface area contributed by atoms with Crippen LogP contribution in [0.4, 0.5) is 4.79 Å². The number of hydrogen-bond donors (Lipinski definition) is 2. The summed E-state index contributed by atoms with van der Waals surface area (Å²) in [5.74, 6) is 1.81. The summed E-state index contributed by atoms with van der Waals surface area (Å²) in [6, 6.07) is 7.55. The number of nitrogens with one attached hydrogen (secondary N) is 2. The van der Waals surface area contributed by atoms with Crippen LogP contribution in [0.2, 0.25) is 5.02 Å². The van der Waals surface area contributed by atoms with Crippen molar-refractivity contribution in [1.29, 1.82) is 0 Å². The van der Waals surface area contributed by atoms with Gasteiger partial charge in [-0.2, -0.15) is 4.98 Å². The molecule has 0 radical (unpaired) electrons. The lowest BCUT2D eigenvalue weighted by molar-refractivity contribution is 0.111. The van der Waals surface area contributed by atoms with Gasteiger partial charge in [-0.05, 0) is 44.0 Å². The fourth-order valence-corrected chi connectivity index (χ4v) is 3.31. The lowest BCUT2D eigenvalue weighted by Crippen LogP contribution is -2.49. The van der Waals surface area contributed by atoms with Crippen LogP contribution in [0.1, 0.15) is 25.7 Å². The fraction of sp³-hybridized carbons (Fsp3) is 0.500. The molecule has 170 valence electrons. The minimum atomic E-state index is -0.272. The Balaban J connectivity index is 0.00000341. The van der Waals surface area contributed by atoms with E-state index >= 15 is 0 Å². The number of likely N-dealkylation sites (tertiary alicyclic amines) is 1. The van der Waals surface area contributed by atoms with Crippen molar-refractivity contribution in [3.8, 4) is 11.4 Å². The molecule has 0 saturated carbocycles. The standard InChI is InChI=1S/C20H27ClN6O3.HI/c1-3-22-19(24-16-9-12-27(13-10-16)20(28)29-2)23-11-8-17-25-18(26-30-17)14-4-6-15(21)7-5-14;/h4-7,16H,3,8-13H2,1-2H3,(H2,22,23,24);1H. The van der Waals surface area contributed by atoms with E-state index in [9.17, 15) is 4.79 Å². The Labute approximate surface area is 204 Å². The monoisotopic (exact) mass is 562 g/mol. The van der Waals surface area contributed by atoms with Gasteiger partial charge in [-0.3, -0.25) is 4.99 Å². The summed E-state index contributed by atoms with van der Waals surface area (Å²) in [6.07, 6.45) is 1.95. The van der Waals surface area contributed by atoms with E-state index < -0.39 is 0 Å². The summed E-state index contributed by atoms with van der Waals surface area (Å²) in [6.45, 7) is 4.62. The lowest BCUT2D eigenvalue weighted by Gasteiger charge is -2.32. The number of carbonyl (C=O) groups excluding carboxylic acids is 1. The Hall–Kier alpha value is -2.08. The smallest absolute Gasteiger partial charge is 0.409 e. The number of methoxy groups -OCH3 is 1. The van der Waals surface area contributed by atoms with Gasteiger partial charge in [0.1, 0.15) is 0 Å². The normalized spacial score (nSPS) is 14.7. The maximum atomic E-state index is 11.6. The van der Waals surface area contributed by atoms with E-state index in [-0.39, 0.29) is 36.1 Å². The number of rotatable bonds is 6. The van der Waals surface area contributed by atoms with E-state index in [2.05, 4.69) is 25.8 Å². The van der Waals surface area contributed by atoms with Gasteiger partial charge >= 0.3 is 6.09 Å². The lowest BCUT2D eigenvalue weighted by atomic mass is 10.1. The highest BCUT2D eigenvalue weighted by atomic mass is 127. The number of nitrogens with zero attached hydrogens (tertiary/aromatic N) is 4. The molecule has 1 aromatic carbocycles. The SMILES string of the molecule is CCNC(=NCCc1nc(-c2ccc(Cl)cc2)no1)NC1CCN(C(=O)OC)CC1.I. The second-order valence-corrected chi connectivity index (χ2v) is 7.34. The molecule has 0 aliphatic carbocycles. The van der Waals surface area contributed by atoms with Crippen LogP contribution in [0.5, 0.6) is 0 Å². The summed E-state index contributed by atoms with van der Waals surface area (Å²) in [4.78, 5) is 22.4. The van der Waals surface area contributed by atoms with Crippen molar-refractivity contribution >= 4 is 47.6 Å². The van der Waals surface area contributed by atoms with Crippen molar-refractivity contribution in [1.82, 2.24) is 25.7 Å². The second-order valence-electron chi connectivity index (χ2n) is 6.90. The molecule has 1 saturated heterocycles. The van der Waals surface area contributed by atoms with Gasteiger partial charge in [0.2, 0.25) is 11.7 Å². The maximum absolute atomic E-state index is 11.6. The van der Waals surface area contributed by atoms with Crippen LogP contribution in [-0.2, 0) is 11.2 Å². The summed E-state index contributed by atoms with van der Waals surface area (Å²) >= 11 is 5.91. The molecular formula is C20H28ClIN6O3.